The molecule has 0 atom stereocenters. The maximum atomic E-state index is 9.24. The van der Waals surface area contributed by atoms with E-state index in [-0.39, 0.29) is 5.57 Å². The van der Waals surface area contributed by atoms with Crippen LogP contribution in [0.15, 0.2) is 35.2 Å². The zero-order valence-corrected chi connectivity index (χ0v) is 25.5. The molecule has 0 radical (unpaired) electrons. The Bertz CT molecular complexity index is 1520. The molecule has 0 bridgehead atoms. The zero-order valence-electron chi connectivity index (χ0n) is 22.0. The molecular formula is C30H32N4S3Si. The maximum Gasteiger partial charge on any atom is 0.130 e. The molecule has 0 spiro atoms. The van der Waals surface area contributed by atoms with Gasteiger partial charge in [-0.3, -0.25) is 0 Å². The number of hydrogen-bond donors (Lipinski definition) is 0. The Morgan fingerprint density at radius 3 is 2.26 bits per heavy atom. The summed E-state index contributed by atoms with van der Waals surface area (Å²) in [5, 5.41) is 24.1. The molecule has 1 aromatic carbocycles. The number of hydrogen-bond acceptors (Lipinski definition) is 7. The van der Waals surface area contributed by atoms with Gasteiger partial charge < -0.3 is 0 Å². The average Bonchev–Trinajstić information content (AvgIpc) is 3.72. The summed E-state index contributed by atoms with van der Waals surface area (Å²) in [6.07, 6.45) is 12.1. The van der Waals surface area contributed by atoms with Crippen LogP contribution in [0.25, 0.3) is 37.3 Å². The van der Waals surface area contributed by atoms with Crippen LogP contribution in [0.5, 0.6) is 0 Å². The summed E-state index contributed by atoms with van der Waals surface area (Å²) < 4.78 is 9.21. The van der Waals surface area contributed by atoms with Gasteiger partial charge in [-0.1, -0.05) is 83.4 Å². The molecule has 8 heteroatoms. The lowest BCUT2D eigenvalue weighted by molar-refractivity contribution is 0.684. The minimum absolute atomic E-state index is 0.0781. The quantitative estimate of drug-likeness (QED) is 0.0967. The average molecular weight is 573 g/mol. The Balaban J connectivity index is 1.58. The van der Waals surface area contributed by atoms with Gasteiger partial charge in [-0.15, -0.1) is 22.7 Å². The van der Waals surface area contributed by atoms with E-state index < -0.39 is 8.07 Å². The highest BCUT2D eigenvalue weighted by atomic mass is 32.1. The van der Waals surface area contributed by atoms with E-state index in [0.717, 1.165) is 22.2 Å². The first-order chi connectivity index (χ1) is 18.7. The van der Waals surface area contributed by atoms with Crippen molar-refractivity contribution >= 4 is 70.0 Å². The fourth-order valence-corrected chi connectivity index (χ4v) is 15.7. The first kappa shape index (κ1) is 27.0. The first-order valence-electron chi connectivity index (χ1n) is 13.7. The number of nitrogens with zero attached hydrogens (tertiary/aromatic N) is 4. The van der Waals surface area contributed by atoms with Crippen LogP contribution < -0.4 is 10.4 Å². The Kier molecular flexibility index (Phi) is 8.55. The van der Waals surface area contributed by atoms with Gasteiger partial charge in [0, 0.05) is 25.8 Å². The normalized spacial score (nSPS) is 13.2. The molecule has 0 fully saturated rings. The van der Waals surface area contributed by atoms with E-state index in [2.05, 4.69) is 46.2 Å². The fourth-order valence-electron chi connectivity index (χ4n) is 5.87. The van der Waals surface area contributed by atoms with Gasteiger partial charge in [0.2, 0.25) is 0 Å². The standard InChI is InChI=1S/C30H32N4S3Si/c1-3-5-7-9-15-38(16-10-8-6-4-2)25-13-14-35-29(25)30-26(38)18-24(36-30)23-12-11-22(17-21(19-31)20-32)27-28(23)34-37-33-27/h11-14,17-18H,3-10,15-16H2,1-2H3. The number of allylic oxidation sites excluding steroid dienone is 1. The summed E-state index contributed by atoms with van der Waals surface area (Å²) in [4.78, 5) is 4.29. The van der Waals surface area contributed by atoms with Crippen LogP contribution in [0.2, 0.25) is 12.1 Å². The zero-order chi connectivity index (χ0) is 26.5. The second kappa shape index (κ2) is 12.0. The molecule has 0 aliphatic carbocycles. The van der Waals surface area contributed by atoms with Gasteiger partial charge in [0.15, 0.2) is 0 Å². The number of unbranched alkanes of at least 4 members (excludes halogenated alkanes) is 6. The van der Waals surface area contributed by atoms with Crippen LogP contribution in [0.3, 0.4) is 0 Å². The number of fused-ring (bicyclic) bond motifs is 4. The summed E-state index contributed by atoms with van der Waals surface area (Å²) in [6.45, 7) is 4.59. The van der Waals surface area contributed by atoms with Crippen molar-refractivity contribution in [2.24, 2.45) is 0 Å². The largest absolute Gasteiger partial charge is 0.192 e. The van der Waals surface area contributed by atoms with Crippen molar-refractivity contribution in [2.75, 3.05) is 0 Å². The third-order valence-electron chi connectivity index (χ3n) is 7.80. The number of thiophene rings is 2. The maximum absolute atomic E-state index is 9.24. The van der Waals surface area contributed by atoms with Gasteiger partial charge in [-0.2, -0.15) is 19.3 Å². The van der Waals surface area contributed by atoms with Crippen LogP contribution in [0.1, 0.15) is 70.8 Å². The molecule has 1 aliphatic heterocycles. The topological polar surface area (TPSA) is 73.4 Å². The van der Waals surface area contributed by atoms with Crippen molar-refractivity contribution in [3.8, 4) is 32.3 Å². The second-order valence-corrected chi connectivity index (χ2v) is 16.9. The predicted octanol–water partition coefficient (Wildman–Crippen LogP) is 8.62. The van der Waals surface area contributed by atoms with E-state index in [0.29, 0.717) is 0 Å². The van der Waals surface area contributed by atoms with Crippen molar-refractivity contribution in [3.63, 3.8) is 0 Å². The lowest BCUT2D eigenvalue weighted by atomic mass is 10.1. The third-order valence-corrected chi connectivity index (χ3v) is 16.2. The monoisotopic (exact) mass is 572 g/mol. The van der Waals surface area contributed by atoms with E-state index in [4.69, 9.17) is 0 Å². The van der Waals surface area contributed by atoms with Crippen LogP contribution in [-0.2, 0) is 0 Å². The molecular weight excluding hydrogens is 541 g/mol. The first-order valence-corrected chi connectivity index (χ1v) is 18.5. The third kappa shape index (κ3) is 4.91. The fraction of sp³-hybridized carbons (Fsp3) is 0.400. The van der Waals surface area contributed by atoms with E-state index in [1.807, 2.05) is 40.9 Å². The molecule has 4 aromatic rings. The molecule has 0 saturated carbocycles. The summed E-state index contributed by atoms with van der Waals surface area (Å²) in [6, 6.07) is 15.7. The van der Waals surface area contributed by atoms with Crippen molar-refractivity contribution in [3.05, 3.63) is 40.8 Å². The molecule has 0 N–H and O–H groups in total. The van der Waals surface area contributed by atoms with Gasteiger partial charge in [-0.25, -0.2) is 0 Å². The Morgan fingerprint density at radius 1 is 0.868 bits per heavy atom. The number of rotatable bonds is 12. The molecule has 0 amide bonds. The summed E-state index contributed by atoms with van der Waals surface area (Å²) in [5.41, 5.74) is 3.59. The minimum atomic E-state index is -1.82. The van der Waals surface area contributed by atoms with Crippen LogP contribution in [0, 0.1) is 22.7 Å². The molecule has 3 aromatic heterocycles. The van der Waals surface area contributed by atoms with E-state index >= 15 is 0 Å². The smallest absolute Gasteiger partial charge is 0.130 e. The highest BCUT2D eigenvalue weighted by molar-refractivity contribution is 7.30. The van der Waals surface area contributed by atoms with Crippen molar-refractivity contribution in [1.82, 2.24) is 8.75 Å². The van der Waals surface area contributed by atoms with Crippen molar-refractivity contribution in [2.45, 2.75) is 77.3 Å². The molecule has 4 heterocycles. The predicted molar refractivity (Wildman–Crippen MR) is 166 cm³/mol. The Labute approximate surface area is 238 Å². The van der Waals surface area contributed by atoms with Gasteiger partial charge in [0.05, 0.1) is 11.7 Å². The van der Waals surface area contributed by atoms with E-state index in [9.17, 15) is 10.5 Å². The van der Waals surface area contributed by atoms with Gasteiger partial charge in [0.1, 0.15) is 36.8 Å². The van der Waals surface area contributed by atoms with Gasteiger partial charge in [-0.05, 0) is 40.0 Å². The summed E-state index contributed by atoms with van der Waals surface area (Å²) in [7, 11) is -1.82. The molecule has 38 heavy (non-hydrogen) atoms. The second-order valence-electron chi connectivity index (χ2n) is 10.2. The van der Waals surface area contributed by atoms with Crippen LogP contribution in [0.4, 0.5) is 0 Å². The van der Waals surface area contributed by atoms with E-state index in [1.165, 1.54) is 89.8 Å². The van der Waals surface area contributed by atoms with Gasteiger partial charge >= 0.3 is 0 Å². The highest BCUT2D eigenvalue weighted by Crippen LogP contribution is 2.45. The molecule has 0 saturated heterocycles. The van der Waals surface area contributed by atoms with Gasteiger partial charge in [0.25, 0.3) is 0 Å². The number of aromatic nitrogens is 2. The Morgan fingerprint density at radius 2 is 1.58 bits per heavy atom. The number of nitriles is 2. The summed E-state index contributed by atoms with van der Waals surface area (Å²) in [5.74, 6) is 0. The van der Waals surface area contributed by atoms with Crippen LogP contribution in [-0.4, -0.2) is 16.8 Å². The van der Waals surface area contributed by atoms with Crippen LogP contribution >= 0.6 is 34.4 Å². The van der Waals surface area contributed by atoms with E-state index in [1.54, 1.807) is 16.4 Å². The minimum Gasteiger partial charge on any atom is -0.192 e. The summed E-state index contributed by atoms with van der Waals surface area (Å²) >= 11 is 5.03. The number of benzene rings is 1. The van der Waals surface area contributed by atoms with Crippen molar-refractivity contribution in [1.29, 1.82) is 10.5 Å². The van der Waals surface area contributed by atoms with Crippen molar-refractivity contribution < 1.29 is 0 Å². The SMILES string of the molecule is CCCCCC[Si]1(CCCCCC)c2ccsc2-c2sc(-c3ccc(C=C(C#N)C#N)c4nsnc34)cc21. The molecule has 5 rings (SSSR count). The molecule has 4 nitrogen and oxygen atoms in total. The highest BCUT2D eigenvalue weighted by Gasteiger charge is 2.46. The molecule has 194 valence electrons. The lowest BCUT2D eigenvalue weighted by Crippen LogP contribution is -2.54. The molecule has 1 aliphatic rings. The molecule has 0 unspecified atom stereocenters. The Hall–Kier alpha value is -2.62. The lowest BCUT2D eigenvalue weighted by Gasteiger charge is -2.29.